The number of nitrogens with one attached hydrogen (secondary N) is 1. The van der Waals surface area contributed by atoms with E-state index in [1.807, 2.05) is 0 Å². The largest absolute Gasteiger partial charge is 0.481 e. The Morgan fingerprint density at radius 3 is 2.29 bits per heavy atom. The van der Waals surface area contributed by atoms with Gasteiger partial charge < -0.3 is 5.11 Å². The van der Waals surface area contributed by atoms with E-state index in [-0.39, 0.29) is 27.6 Å². The monoisotopic (exact) mass is 469 g/mol. The molecule has 5 rings (SSSR count). The van der Waals surface area contributed by atoms with Gasteiger partial charge in [0.25, 0.3) is 0 Å². The molecule has 4 nitrogen and oxygen atoms in total. The number of aliphatic carboxylic acids is 1. The minimum atomic E-state index is -0.547. The number of rotatable bonds is 3. The summed E-state index contributed by atoms with van der Waals surface area (Å²) in [5.74, 6) is 1.66. The van der Waals surface area contributed by atoms with Crippen molar-refractivity contribution in [1.29, 1.82) is 0 Å². The lowest BCUT2D eigenvalue weighted by Crippen LogP contribution is -2.66. The fourth-order valence-corrected chi connectivity index (χ4v) is 11.3. The number of hydroxylamine groups is 1. The molecule has 0 saturated heterocycles. The van der Waals surface area contributed by atoms with Gasteiger partial charge in [0.05, 0.1) is 5.41 Å². The van der Waals surface area contributed by atoms with Crippen molar-refractivity contribution < 1.29 is 15.1 Å². The first-order valence-corrected chi connectivity index (χ1v) is 13.8. The molecule has 0 radical (unpaired) electrons. The third-order valence-corrected chi connectivity index (χ3v) is 13.2. The van der Waals surface area contributed by atoms with Gasteiger partial charge in [0, 0.05) is 11.1 Å². The number of carboxylic acids is 1. The van der Waals surface area contributed by atoms with Gasteiger partial charge in [-0.3, -0.25) is 15.5 Å². The van der Waals surface area contributed by atoms with Gasteiger partial charge in [0.2, 0.25) is 0 Å². The predicted molar refractivity (Wildman–Crippen MR) is 135 cm³/mol. The predicted octanol–water partition coefficient (Wildman–Crippen LogP) is 7.20. The second-order valence-corrected chi connectivity index (χ2v) is 14.3. The Bertz CT molecular complexity index is 937. The van der Waals surface area contributed by atoms with Gasteiger partial charge in [-0.15, -0.1) is 0 Å². The number of carboxylic acid groups (broad SMARTS) is 1. The summed E-state index contributed by atoms with van der Waals surface area (Å²) in [5.41, 5.74) is 4.68. The molecule has 0 spiro atoms. The second-order valence-electron chi connectivity index (χ2n) is 14.3. The van der Waals surface area contributed by atoms with Gasteiger partial charge in [-0.05, 0) is 111 Å². The Morgan fingerprint density at radius 2 is 1.68 bits per heavy atom. The van der Waals surface area contributed by atoms with Crippen molar-refractivity contribution in [3.05, 3.63) is 23.9 Å². The first kappa shape index (κ1) is 24.4. The Hall–Kier alpha value is -1.29. The zero-order chi connectivity index (χ0) is 24.9. The van der Waals surface area contributed by atoms with Crippen LogP contribution in [0.25, 0.3) is 0 Å². The van der Waals surface area contributed by atoms with Gasteiger partial charge >= 0.3 is 5.97 Å². The van der Waals surface area contributed by atoms with Crippen LogP contribution in [0.5, 0.6) is 0 Å². The van der Waals surface area contributed by atoms with E-state index in [0.717, 1.165) is 44.2 Å². The molecule has 0 aromatic rings. The van der Waals surface area contributed by atoms with Crippen molar-refractivity contribution >= 4 is 5.97 Å². The first-order valence-electron chi connectivity index (χ1n) is 13.8. The summed E-state index contributed by atoms with van der Waals surface area (Å²) in [6.07, 6.45) is 11.7. The van der Waals surface area contributed by atoms with Crippen LogP contribution in [0.2, 0.25) is 0 Å². The van der Waals surface area contributed by atoms with Crippen LogP contribution in [0.4, 0.5) is 0 Å². The fraction of sp³-hybridized carbons (Fsp3) is 0.833. The third-order valence-electron chi connectivity index (χ3n) is 13.2. The van der Waals surface area contributed by atoms with Crippen LogP contribution in [-0.4, -0.2) is 16.3 Å². The SMILES string of the molecule is C=C(C)C1CCC2(C(=O)O)CCC3(C)C(CCC4C5(C)CC=C(NO)C(C)(C)C5CCC43C)C12. The van der Waals surface area contributed by atoms with Crippen LogP contribution < -0.4 is 5.48 Å². The molecule has 5 aliphatic rings. The van der Waals surface area contributed by atoms with E-state index in [2.05, 4.69) is 59.7 Å². The van der Waals surface area contributed by atoms with Gasteiger partial charge in [0.1, 0.15) is 0 Å². The molecule has 3 N–H and O–H groups in total. The summed E-state index contributed by atoms with van der Waals surface area (Å²) >= 11 is 0. The van der Waals surface area contributed by atoms with E-state index >= 15 is 0 Å². The molecule has 0 heterocycles. The van der Waals surface area contributed by atoms with Gasteiger partial charge in [0.15, 0.2) is 0 Å². The highest BCUT2D eigenvalue weighted by molar-refractivity contribution is 5.76. The molecule has 4 fully saturated rings. The Labute approximate surface area is 206 Å². The van der Waals surface area contributed by atoms with Crippen molar-refractivity contribution in [3.8, 4) is 0 Å². The molecule has 4 saturated carbocycles. The van der Waals surface area contributed by atoms with E-state index < -0.39 is 11.4 Å². The Morgan fingerprint density at radius 1 is 0.971 bits per heavy atom. The van der Waals surface area contributed by atoms with Gasteiger partial charge in [-0.25, -0.2) is 0 Å². The van der Waals surface area contributed by atoms with E-state index in [9.17, 15) is 15.1 Å². The molecular weight excluding hydrogens is 422 g/mol. The van der Waals surface area contributed by atoms with Crippen LogP contribution in [0.15, 0.2) is 23.9 Å². The van der Waals surface area contributed by atoms with E-state index in [0.29, 0.717) is 23.7 Å². The van der Waals surface area contributed by atoms with Crippen LogP contribution in [0.3, 0.4) is 0 Å². The number of fused-ring (bicyclic) bond motifs is 7. The molecule has 34 heavy (non-hydrogen) atoms. The summed E-state index contributed by atoms with van der Waals surface area (Å²) < 4.78 is 0. The Balaban J connectivity index is 1.57. The van der Waals surface area contributed by atoms with E-state index in [1.54, 1.807) is 0 Å². The summed E-state index contributed by atoms with van der Waals surface area (Å²) in [4.78, 5) is 12.8. The zero-order valence-electron chi connectivity index (χ0n) is 22.3. The van der Waals surface area contributed by atoms with Crippen molar-refractivity contribution in [1.82, 2.24) is 5.48 Å². The average Bonchev–Trinajstić information content (AvgIpc) is 3.15. The highest BCUT2D eigenvalue weighted by Gasteiger charge is 2.71. The summed E-state index contributed by atoms with van der Waals surface area (Å²) in [6, 6.07) is 0. The van der Waals surface area contributed by atoms with E-state index in [4.69, 9.17) is 0 Å². The molecular formula is C30H47NO3. The van der Waals surface area contributed by atoms with Crippen molar-refractivity contribution in [3.63, 3.8) is 0 Å². The van der Waals surface area contributed by atoms with Crippen LogP contribution in [0.1, 0.15) is 99.3 Å². The lowest BCUT2D eigenvalue weighted by atomic mass is 9.32. The summed E-state index contributed by atoms with van der Waals surface area (Å²) in [5, 5.41) is 20.3. The molecule has 0 amide bonds. The zero-order valence-corrected chi connectivity index (χ0v) is 22.3. The summed E-state index contributed by atoms with van der Waals surface area (Å²) in [6.45, 7) is 18.8. The quantitative estimate of drug-likeness (QED) is 0.302. The lowest BCUT2D eigenvalue weighted by Gasteiger charge is -2.72. The second kappa shape index (κ2) is 7.37. The molecule has 9 unspecified atom stereocenters. The van der Waals surface area contributed by atoms with Crippen LogP contribution >= 0.6 is 0 Å². The molecule has 0 aliphatic heterocycles. The molecule has 0 aromatic heterocycles. The average molecular weight is 470 g/mol. The molecule has 0 bridgehead atoms. The highest BCUT2D eigenvalue weighted by atomic mass is 16.5. The molecule has 4 heteroatoms. The van der Waals surface area contributed by atoms with Crippen molar-refractivity contribution in [2.45, 2.75) is 99.3 Å². The van der Waals surface area contributed by atoms with Crippen LogP contribution in [0, 0.1) is 56.7 Å². The minimum absolute atomic E-state index is 0.0671. The molecule has 190 valence electrons. The smallest absolute Gasteiger partial charge is 0.309 e. The number of carbonyl (C=O) groups is 1. The number of hydrogen-bond donors (Lipinski definition) is 3. The number of allylic oxidation sites excluding steroid dienone is 3. The number of hydrogen-bond acceptors (Lipinski definition) is 3. The van der Waals surface area contributed by atoms with E-state index in [1.165, 1.54) is 24.8 Å². The minimum Gasteiger partial charge on any atom is -0.481 e. The highest BCUT2D eigenvalue weighted by Crippen LogP contribution is 2.77. The maximum atomic E-state index is 12.8. The maximum absolute atomic E-state index is 12.8. The maximum Gasteiger partial charge on any atom is 0.309 e. The molecule has 0 aromatic carbocycles. The van der Waals surface area contributed by atoms with Crippen molar-refractivity contribution in [2.24, 2.45) is 56.7 Å². The molecule has 5 aliphatic carbocycles. The molecule has 9 atom stereocenters. The third kappa shape index (κ3) is 2.73. The summed E-state index contributed by atoms with van der Waals surface area (Å²) in [7, 11) is 0. The topological polar surface area (TPSA) is 69.6 Å². The van der Waals surface area contributed by atoms with Crippen LogP contribution in [-0.2, 0) is 4.79 Å². The standard InChI is InChI=1S/C30H47NO3/c1-18(2)19-10-15-30(25(32)33)17-16-28(6)20(24(19)30)8-9-22-27(5)13-12-23(31-34)26(3,4)21(27)11-14-29(22,28)7/h12,19-22,24,31,34H,1,8-11,13-17H2,2-7H3,(H,32,33). The Kier molecular flexibility index (Phi) is 5.29. The normalized spacial score (nSPS) is 51.3. The van der Waals surface area contributed by atoms with Gasteiger partial charge in [-0.1, -0.05) is 52.8 Å². The van der Waals surface area contributed by atoms with Crippen molar-refractivity contribution in [2.75, 3.05) is 0 Å². The first-order chi connectivity index (χ1) is 15.8. The van der Waals surface area contributed by atoms with Gasteiger partial charge in [-0.2, -0.15) is 0 Å². The lowest BCUT2D eigenvalue weighted by molar-refractivity contribution is -0.230. The fourth-order valence-electron chi connectivity index (χ4n) is 11.3.